The van der Waals surface area contributed by atoms with E-state index in [4.69, 9.17) is 0 Å². The molecule has 0 atom stereocenters. The molecule has 94 valence electrons. The fourth-order valence-electron chi connectivity index (χ4n) is 1.98. The van der Waals surface area contributed by atoms with Gasteiger partial charge in [0.05, 0.1) is 0 Å². The fourth-order valence-corrected chi connectivity index (χ4v) is 1.98. The van der Waals surface area contributed by atoms with Crippen LogP contribution < -0.4 is 10.1 Å². The highest BCUT2D eigenvalue weighted by Gasteiger charge is 2.32. The highest BCUT2D eigenvalue weighted by atomic mass is 19.4. The molecule has 1 saturated heterocycles. The average molecular weight is 245 g/mol. The molecule has 1 aromatic rings. The normalized spacial score (nSPS) is 18.6. The zero-order valence-electron chi connectivity index (χ0n) is 9.47. The SMILES string of the molecule is CC1(Cc2ccc(OC(F)(F)F)cc2)CNC1. The van der Waals surface area contributed by atoms with Crippen molar-refractivity contribution in [3.8, 4) is 5.75 Å². The van der Waals surface area contributed by atoms with Crippen molar-refractivity contribution in [1.82, 2.24) is 5.32 Å². The summed E-state index contributed by atoms with van der Waals surface area (Å²) >= 11 is 0. The van der Waals surface area contributed by atoms with Gasteiger partial charge in [0.1, 0.15) is 5.75 Å². The molecule has 2 rings (SSSR count). The zero-order chi connectivity index (χ0) is 12.5. The lowest BCUT2D eigenvalue weighted by atomic mass is 9.78. The Labute approximate surface area is 97.8 Å². The minimum absolute atomic E-state index is 0.168. The quantitative estimate of drug-likeness (QED) is 0.884. The van der Waals surface area contributed by atoms with Crippen LogP contribution in [0.3, 0.4) is 0 Å². The van der Waals surface area contributed by atoms with Gasteiger partial charge in [-0.05, 0) is 29.5 Å². The van der Waals surface area contributed by atoms with Crippen LogP contribution in [0.1, 0.15) is 12.5 Å². The van der Waals surface area contributed by atoms with E-state index in [-0.39, 0.29) is 11.2 Å². The third kappa shape index (κ3) is 3.36. The van der Waals surface area contributed by atoms with Crippen molar-refractivity contribution in [2.75, 3.05) is 13.1 Å². The molecule has 5 heteroatoms. The molecule has 0 bridgehead atoms. The highest BCUT2D eigenvalue weighted by molar-refractivity contribution is 5.28. The van der Waals surface area contributed by atoms with Crippen molar-refractivity contribution in [2.24, 2.45) is 5.41 Å². The summed E-state index contributed by atoms with van der Waals surface area (Å²) in [5.41, 5.74) is 1.26. The molecule has 1 aromatic carbocycles. The second-order valence-electron chi connectivity index (χ2n) is 4.78. The van der Waals surface area contributed by atoms with Gasteiger partial charge in [-0.2, -0.15) is 0 Å². The predicted molar refractivity (Wildman–Crippen MR) is 57.8 cm³/mol. The number of nitrogens with one attached hydrogen (secondary N) is 1. The lowest BCUT2D eigenvalue weighted by molar-refractivity contribution is -0.274. The van der Waals surface area contributed by atoms with Crippen LogP contribution in [0, 0.1) is 5.41 Å². The monoisotopic (exact) mass is 245 g/mol. The first-order valence-corrected chi connectivity index (χ1v) is 5.42. The van der Waals surface area contributed by atoms with Gasteiger partial charge in [0.25, 0.3) is 0 Å². The molecule has 2 nitrogen and oxygen atoms in total. The third-order valence-electron chi connectivity index (χ3n) is 2.89. The second-order valence-corrected chi connectivity index (χ2v) is 4.78. The first-order chi connectivity index (χ1) is 7.86. The highest BCUT2D eigenvalue weighted by Crippen LogP contribution is 2.28. The Morgan fingerprint density at radius 2 is 1.82 bits per heavy atom. The predicted octanol–water partition coefficient (Wildman–Crippen LogP) is 2.74. The summed E-state index contributed by atoms with van der Waals surface area (Å²) in [6.07, 6.45) is -3.75. The van der Waals surface area contributed by atoms with E-state index < -0.39 is 6.36 Å². The van der Waals surface area contributed by atoms with Gasteiger partial charge in [0, 0.05) is 13.1 Å². The Bertz CT molecular complexity index is 382. The molecular weight excluding hydrogens is 231 g/mol. The van der Waals surface area contributed by atoms with Crippen LogP contribution in [0.15, 0.2) is 24.3 Å². The summed E-state index contributed by atoms with van der Waals surface area (Å²) in [6, 6.07) is 6.09. The van der Waals surface area contributed by atoms with E-state index in [2.05, 4.69) is 17.0 Å². The lowest BCUT2D eigenvalue weighted by Crippen LogP contribution is -2.52. The molecule has 1 fully saturated rings. The van der Waals surface area contributed by atoms with Crippen LogP contribution in [-0.4, -0.2) is 19.5 Å². The molecular formula is C12H14F3NO. The molecule has 1 N–H and O–H groups in total. The first kappa shape index (κ1) is 12.2. The minimum Gasteiger partial charge on any atom is -0.406 e. The van der Waals surface area contributed by atoms with Gasteiger partial charge in [-0.1, -0.05) is 19.1 Å². The lowest BCUT2D eigenvalue weighted by Gasteiger charge is -2.39. The fraction of sp³-hybridized carbons (Fsp3) is 0.500. The second kappa shape index (κ2) is 4.22. The van der Waals surface area contributed by atoms with Crippen molar-refractivity contribution in [3.63, 3.8) is 0 Å². The van der Waals surface area contributed by atoms with Crippen molar-refractivity contribution in [1.29, 1.82) is 0 Å². The average Bonchev–Trinajstić information content (AvgIpc) is 2.16. The molecule has 0 unspecified atom stereocenters. The molecule has 0 saturated carbocycles. The molecule has 0 radical (unpaired) electrons. The summed E-state index contributed by atoms with van der Waals surface area (Å²) in [5.74, 6) is -0.168. The van der Waals surface area contributed by atoms with E-state index in [1.54, 1.807) is 12.1 Å². The maximum atomic E-state index is 11.9. The Hall–Kier alpha value is -1.23. The van der Waals surface area contributed by atoms with Crippen molar-refractivity contribution >= 4 is 0 Å². The number of hydrogen-bond acceptors (Lipinski definition) is 2. The van der Waals surface area contributed by atoms with Gasteiger partial charge in [0.2, 0.25) is 0 Å². The summed E-state index contributed by atoms with van der Waals surface area (Å²) in [5, 5.41) is 3.19. The van der Waals surface area contributed by atoms with Crippen molar-refractivity contribution in [3.05, 3.63) is 29.8 Å². The Kier molecular flexibility index (Phi) is 3.03. The molecule has 1 aliphatic rings. The van der Waals surface area contributed by atoms with Gasteiger partial charge in [-0.25, -0.2) is 0 Å². The number of benzene rings is 1. The summed E-state index contributed by atoms with van der Waals surface area (Å²) < 4.78 is 39.7. The number of hydrogen-bond donors (Lipinski definition) is 1. The van der Waals surface area contributed by atoms with Crippen molar-refractivity contribution in [2.45, 2.75) is 19.7 Å². The van der Waals surface area contributed by atoms with Gasteiger partial charge >= 0.3 is 6.36 Å². The summed E-state index contributed by atoms with van der Waals surface area (Å²) in [4.78, 5) is 0. The van der Waals surface area contributed by atoms with Gasteiger partial charge in [0.15, 0.2) is 0 Å². The zero-order valence-corrected chi connectivity index (χ0v) is 9.47. The van der Waals surface area contributed by atoms with E-state index in [0.717, 1.165) is 25.1 Å². The molecule has 0 aliphatic carbocycles. The molecule has 0 spiro atoms. The smallest absolute Gasteiger partial charge is 0.406 e. The Morgan fingerprint density at radius 1 is 1.24 bits per heavy atom. The maximum Gasteiger partial charge on any atom is 0.573 e. The summed E-state index contributed by atoms with van der Waals surface area (Å²) in [7, 11) is 0. The first-order valence-electron chi connectivity index (χ1n) is 5.42. The summed E-state index contributed by atoms with van der Waals surface area (Å²) in [6.45, 7) is 4.06. The van der Waals surface area contributed by atoms with E-state index in [0.29, 0.717) is 0 Å². The Balaban J connectivity index is 1.98. The number of rotatable bonds is 3. The maximum absolute atomic E-state index is 11.9. The van der Waals surface area contributed by atoms with Crippen LogP contribution >= 0.6 is 0 Å². The van der Waals surface area contributed by atoms with Crippen molar-refractivity contribution < 1.29 is 17.9 Å². The molecule has 1 heterocycles. The molecule has 0 aromatic heterocycles. The number of alkyl halides is 3. The number of halogens is 3. The Morgan fingerprint density at radius 3 is 2.24 bits per heavy atom. The van der Waals surface area contributed by atoms with E-state index >= 15 is 0 Å². The molecule has 17 heavy (non-hydrogen) atoms. The molecule has 1 aliphatic heterocycles. The van der Waals surface area contributed by atoms with E-state index in [1.165, 1.54) is 12.1 Å². The van der Waals surface area contributed by atoms with Gasteiger partial charge in [-0.15, -0.1) is 13.2 Å². The topological polar surface area (TPSA) is 21.3 Å². The van der Waals surface area contributed by atoms with Crippen LogP contribution in [0.4, 0.5) is 13.2 Å². The largest absolute Gasteiger partial charge is 0.573 e. The molecule has 0 amide bonds. The van der Waals surface area contributed by atoms with Crippen LogP contribution in [-0.2, 0) is 6.42 Å². The van der Waals surface area contributed by atoms with Crippen LogP contribution in [0.2, 0.25) is 0 Å². The van der Waals surface area contributed by atoms with Gasteiger partial charge in [-0.3, -0.25) is 0 Å². The third-order valence-corrected chi connectivity index (χ3v) is 2.89. The minimum atomic E-state index is -4.62. The van der Waals surface area contributed by atoms with Gasteiger partial charge < -0.3 is 10.1 Å². The van der Waals surface area contributed by atoms with E-state index in [9.17, 15) is 13.2 Å². The number of ether oxygens (including phenoxy) is 1. The standard InChI is InChI=1S/C12H14F3NO/c1-11(7-16-8-11)6-9-2-4-10(5-3-9)17-12(13,14)15/h2-5,16H,6-8H2,1H3. The van der Waals surface area contributed by atoms with E-state index in [1.807, 2.05) is 0 Å². The van der Waals surface area contributed by atoms with Crippen LogP contribution in [0.25, 0.3) is 0 Å². The van der Waals surface area contributed by atoms with Crippen LogP contribution in [0.5, 0.6) is 5.75 Å².